The Morgan fingerprint density at radius 1 is 0.889 bits per heavy atom. The molecule has 0 spiro atoms. The standard InChI is InChI=1S/C29H37N5O2/c35-29(30-19-23-10-8-11-24(18-23)20-33-15-6-1-2-7-16-33)26-14-9-17-34(21-26)22-27-31-28(32-36-27)25-12-4-3-5-13-25/h3-5,8,10-13,18,26H,1-2,6-7,9,14-17,19-22H2,(H,30,35). The third kappa shape index (κ3) is 6.80. The van der Waals surface area contributed by atoms with Gasteiger partial charge in [-0.2, -0.15) is 4.98 Å². The first-order chi connectivity index (χ1) is 17.7. The first-order valence-corrected chi connectivity index (χ1v) is 13.4. The molecule has 2 fully saturated rings. The normalized spacial score (nSPS) is 19.6. The van der Waals surface area contributed by atoms with Crippen LogP contribution in [0.4, 0.5) is 0 Å². The topological polar surface area (TPSA) is 74.5 Å². The van der Waals surface area contributed by atoms with Crippen LogP contribution in [0, 0.1) is 5.92 Å². The van der Waals surface area contributed by atoms with Crippen LogP contribution in [-0.4, -0.2) is 52.0 Å². The third-order valence-electron chi connectivity index (χ3n) is 7.30. The van der Waals surface area contributed by atoms with Gasteiger partial charge in [0.25, 0.3) is 0 Å². The van der Waals surface area contributed by atoms with Crippen molar-refractivity contribution in [2.75, 3.05) is 26.2 Å². The molecule has 2 saturated heterocycles. The zero-order chi connectivity index (χ0) is 24.6. The fraction of sp³-hybridized carbons (Fsp3) is 0.483. The molecule has 1 unspecified atom stereocenters. The number of carbonyl (C=O) groups excluding carboxylic acids is 1. The molecule has 1 amide bonds. The molecular weight excluding hydrogens is 450 g/mol. The van der Waals surface area contributed by atoms with Gasteiger partial charge < -0.3 is 9.84 Å². The van der Waals surface area contributed by atoms with Crippen LogP contribution in [0.5, 0.6) is 0 Å². The Bertz CT molecular complexity index is 1110. The first kappa shape index (κ1) is 24.7. The van der Waals surface area contributed by atoms with Gasteiger partial charge in [0.1, 0.15) is 0 Å². The Kier molecular flexibility index (Phi) is 8.41. The second kappa shape index (κ2) is 12.3. The Morgan fingerprint density at radius 3 is 2.50 bits per heavy atom. The van der Waals surface area contributed by atoms with E-state index in [1.165, 1.54) is 49.9 Å². The number of carbonyl (C=O) groups is 1. The number of aromatic nitrogens is 2. The van der Waals surface area contributed by atoms with E-state index in [1.807, 2.05) is 30.3 Å². The number of piperidine rings is 1. The highest BCUT2D eigenvalue weighted by Gasteiger charge is 2.27. The van der Waals surface area contributed by atoms with Gasteiger partial charge in [-0.05, 0) is 56.4 Å². The zero-order valence-corrected chi connectivity index (χ0v) is 21.1. The molecule has 1 atom stereocenters. The molecule has 5 rings (SSSR count). The van der Waals surface area contributed by atoms with Crippen molar-refractivity contribution in [1.29, 1.82) is 0 Å². The van der Waals surface area contributed by atoms with Gasteiger partial charge in [0.05, 0.1) is 12.5 Å². The largest absolute Gasteiger partial charge is 0.352 e. The monoisotopic (exact) mass is 487 g/mol. The summed E-state index contributed by atoms with van der Waals surface area (Å²) in [5, 5.41) is 7.31. The number of nitrogens with zero attached hydrogens (tertiary/aromatic N) is 4. The van der Waals surface area contributed by atoms with Crippen LogP contribution < -0.4 is 5.32 Å². The summed E-state index contributed by atoms with van der Waals surface area (Å²) in [5.41, 5.74) is 3.45. The predicted molar refractivity (Wildman–Crippen MR) is 140 cm³/mol. The number of likely N-dealkylation sites (tertiary alicyclic amines) is 2. The Morgan fingerprint density at radius 2 is 1.67 bits per heavy atom. The quantitative estimate of drug-likeness (QED) is 0.499. The summed E-state index contributed by atoms with van der Waals surface area (Å²) in [4.78, 5) is 22.4. The number of amides is 1. The number of benzene rings is 2. The molecule has 0 aliphatic carbocycles. The van der Waals surface area contributed by atoms with Gasteiger partial charge in [0.2, 0.25) is 17.6 Å². The number of rotatable bonds is 8. The maximum Gasteiger partial charge on any atom is 0.241 e. The Balaban J connectivity index is 1.11. The van der Waals surface area contributed by atoms with Crippen molar-refractivity contribution in [2.24, 2.45) is 5.92 Å². The molecule has 0 radical (unpaired) electrons. The molecule has 0 saturated carbocycles. The van der Waals surface area contributed by atoms with Gasteiger partial charge in [-0.15, -0.1) is 0 Å². The molecule has 3 heterocycles. The summed E-state index contributed by atoms with van der Waals surface area (Å²) in [6, 6.07) is 18.5. The second-order valence-corrected chi connectivity index (χ2v) is 10.2. The van der Waals surface area contributed by atoms with Gasteiger partial charge in [0.15, 0.2) is 0 Å². The molecule has 1 aromatic heterocycles. The second-order valence-electron chi connectivity index (χ2n) is 10.2. The average Bonchev–Trinajstić information content (AvgIpc) is 3.23. The van der Waals surface area contributed by atoms with Crippen LogP contribution in [0.25, 0.3) is 11.4 Å². The lowest BCUT2D eigenvalue weighted by Crippen LogP contribution is -2.42. The molecule has 3 aromatic rings. The van der Waals surface area contributed by atoms with Crippen LogP contribution in [0.3, 0.4) is 0 Å². The lowest BCUT2D eigenvalue weighted by atomic mass is 9.97. The van der Waals surface area contributed by atoms with Crippen LogP contribution in [0.1, 0.15) is 55.5 Å². The van der Waals surface area contributed by atoms with Crippen molar-refractivity contribution >= 4 is 5.91 Å². The summed E-state index contributed by atoms with van der Waals surface area (Å²) in [7, 11) is 0. The number of nitrogens with one attached hydrogen (secondary N) is 1. The first-order valence-electron chi connectivity index (χ1n) is 13.4. The van der Waals surface area contributed by atoms with E-state index in [0.717, 1.165) is 31.5 Å². The van der Waals surface area contributed by atoms with E-state index >= 15 is 0 Å². The molecule has 0 bridgehead atoms. The highest BCUT2D eigenvalue weighted by molar-refractivity contribution is 5.79. The predicted octanol–water partition coefficient (Wildman–Crippen LogP) is 4.64. The smallest absolute Gasteiger partial charge is 0.241 e. The third-order valence-corrected chi connectivity index (χ3v) is 7.30. The van der Waals surface area contributed by atoms with Crippen LogP contribution in [0.2, 0.25) is 0 Å². The maximum absolute atomic E-state index is 13.0. The summed E-state index contributed by atoms with van der Waals surface area (Å²) >= 11 is 0. The average molecular weight is 488 g/mol. The molecule has 190 valence electrons. The van der Waals surface area contributed by atoms with E-state index in [-0.39, 0.29) is 11.8 Å². The fourth-order valence-electron chi connectivity index (χ4n) is 5.35. The molecule has 7 heteroatoms. The van der Waals surface area contributed by atoms with Gasteiger partial charge in [0, 0.05) is 25.2 Å². The van der Waals surface area contributed by atoms with Gasteiger partial charge >= 0.3 is 0 Å². The Hall–Kier alpha value is -3.03. The summed E-state index contributed by atoms with van der Waals surface area (Å²) in [5.74, 6) is 1.31. The van der Waals surface area contributed by atoms with Crippen molar-refractivity contribution in [3.63, 3.8) is 0 Å². The Labute approximate surface area is 213 Å². The van der Waals surface area contributed by atoms with E-state index in [1.54, 1.807) is 0 Å². The van der Waals surface area contributed by atoms with Crippen molar-refractivity contribution in [3.8, 4) is 11.4 Å². The minimum atomic E-state index is -0.0180. The molecule has 36 heavy (non-hydrogen) atoms. The zero-order valence-electron chi connectivity index (χ0n) is 21.1. The SMILES string of the molecule is O=C(NCc1cccc(CN2CCCCCC2)c1)C1CCCN(Cc2nc(-c3ccccc3)no2)C1. The van der Waals surface area contributed by atoms with Crippen LogP contribution in [0.15, 0.2) is 59.1 Å². The van der Waals surface area contributed by atoms with Crippen molar-refractivity contribution in [2.45, 2.75) is 58.2 Å². The lowest BCUT2D eigenvalue weighted by molar-refractivity contribution is -0.127. The van der Waals surface area contributed by atoms with E-state index < -0.39 is 0 Å². The fourth-order valence-corrected chi connectivity index (χ4v) is 5.35. The molecule has 7 nitrogen and oxygen atoms in total. The molecule has 1 N–H and O–H groups in total. The minimum Gasteiger partial charge on any atom is -0.352 e. The van der Waals surface area contributed by atoms with E-state index in [4.69, 9.17) is 4.52 Å². The summed E-state index contributed by atoms with van der Waals surface area (Å²) in [6.07, 6.45) is 7.21. The lowest BCUT2D eigenvalue weighted by Gasteiger charge is -2.30. The number of hydrogen-bond donors (Lipinski definition) is 1. The highest BCUT2D eigenvalue weighted by atomic mass is 16.5. The number of hydrogen-bond acceptors (Lipinski definition) is 6. The van der Waals surface area contributed by atoms with E-state index in [9.17, 15) is 4.79 Å². The summed E-state index contributed by atoms with van der Waals surface area (Å²) in [6.45, 7) is 6.18. The maximum atomic E-state index is 13.0. The van der Waals surface area contributed by atoms with E-state index in [0.29, 0.717) is 31.3 Å². The van der Waals surface area contributed by atoms with Crippen LogP contribution >= 0.6 is 0 Å². The van der Waals surface area contributed by atoms with Gasteiger partial charge in [-0.1, -0.05) is 72.6 Å². The molecular formula is C29H37N5O2. The highest BCUT2D eigenvalue weighted by Crippen LogP contribution is 2.21. The van der Waals surface area contributed by atoms with Gasteiger partial charge in [-0.3, -0.25) is 14.6 Å². The minimum absolute atomic E-state index is 0.0180. The van der Waals surface area contributed by atoms with Crippen molar-refractivity contribution in [1.82, 2.24) is 25.3 Å². The molecule has 2 aliphatic heterocycles. The van der Waals surface area contributed by atoms with Crippen molar-refractivity contribution < 1.29 is 9.32 Å². The van der Waals surface area contributed by atoms with E-state index in [2.05, 4.69) is 49.5 Å². The van der Waals surface area contributed by atoms with Gasteiger partial charge in [-0.25, -0.2) is 0 Å². The molecule has 2 aromatic carbocycles. The summed E-state index contributed by atoms with van der Waals surface area (Å²) < 4.78 is 5.49. The molecule has 2 aliphatic rings. The van der Waals surface area contributed by atoms with Crippen LogP contribution in [-0.2, 0) is 24.4 Å². The van der Waals surface area contributed by atoms with Crippen molar-refractivity contribution in [3.05, 3.63) is 71.6 Å².